The van der Waals surface area contributed by atoms with Gasteiger partial charge in [-0.25, -0.2) is 8.78 Å². The summed E-state index contributed by atoms with van der Waals surface area (Å²) in [4.78, 5) is 16.4. The molecule has 2 aromatic rings. The Morgan fingerprint density at radius 2 is 1.78 bits per heavy atom. The normalized spacial score (nSPS) is 27.1. The van der Waals surface area contributed by atoms with Crippen molar-refractivity contribution in [2.24, 2.45) is 5.92 Å². The summed E-state index contributed by atoms with van der Waals surface area (Å²) in [6.45, 7) is 7.16. The number of hydrogen-bond acceptors (Lipinski definition) is 5. The lowest BCUT2D eigenvalue weighted by atomic mass is 9.86. The maximum atomic E-state index is 13.9. The van der Waals surface area contributed by atoms with Gasteiger partial charge in [-0.2, -0.15) is 4.39 Å². The molecule has 1 N–H and O–H groups in total. The predicted molar refractivity (Wildman–Crippen MR) is 137 cm³/mol. The molecule has 3 atom stereocenters. The molecular weight excluding hydrogens is 499 g/mol. The minimum atomic E-state index is -2.67. The molecule has 4 heterocycles. The van der Waals surface area contributed by atoms with Crippen LogP contribution in [0.15, 0.2) is 12.1 Å². The van der Waals surface area contributed by atoms with Gasteiger partial charge in [-0.3, -0.25) is 9.69 Å². The first-order valence-electron chi connectivity index (χ1n) is 13.7. The fourth-order valence-corrected chi connectivity index (χ4v) is 7.54. The van der Waals surface area contributed by atoms with E-state index in [2.05, 4.69) is 38.8 Å². The summed E-state index contributed by atoms with van der Waals surface area (Å²) >= 11 is 1.06. The van der Waals surface area contributed by atoms with Crippen LogP contribution in [0.1, 0.15) is 106 Å². The average Bonchev–Trinajstić information content (AvgIpc) is 3.51. The van der Waals surface area contributed by atoms with Crippen molar-refractivity contribution in [3.63, 3.8) is 0 Å². The van der Waals surface area contributed by atoms with Crippen molar-refractivity contribution in [1.82, 2.24) is 25.0 Å². The van der Waals surface area contributed by atoms with Gasteiger partial charge in [0.1, 0.15) is 11.6 Å². The number of halogens is 3. The van der Waals surface area contributed by atoms with E-state index < -0.39 is 11.8 Å². The van der Waals surface area contributed by atoms with Crippen LogP contribution in [0, 0.1) is 18.0 Å². The van der Waals surface area contributed by atoms with Gasteiger partial charge in [0.15, 0.2) is 5.13 Å². The highest BCUT2D eigenvalue weighted by atomic mass is 32.1. The largest absolute Gasteiger partial charge is 0.348 e. The lowest BCUT2D eigenvalue weighted by Crippen LogP contribution is -2.45. The molecular formula is C27H38F3N5OS. The first kappa shape index (κ1) is 26.7. The molecule has 204 valence electrons. The van der Waals surface area contributed by atoms with Gasteiger partial charge in [0.25, 0.3) is 0 Å². The SMILES string of the molecule is Cc1nnc(C(C)C)n1C1CC2CCC(C1)N2CC[C@H](NC(=O)C1CCC(F)(F)CC1)c1ccc(F)s1. The molecule has 1 aliphatic carbocycles. The lowest BCUT2D eigenvalue weighted by Gasteiger charge is -2.40. The summed E-state index contributed by atoms with van der Waals surface area (Å²) in [5.41, 5.74) is 0. The Morgan fingerprint density at radius 3 is 2.38 bits per heavy atom. The molecule has 2 saturated heterocycles. The number of carbonyl (C=O) groups excluding carboxylic acids is 1. The first-order chi connectivity index (χ1) is 17.6. The maximum Gasteiger partial charge on any atom is 0.248 e. The van der Waals surface area contributed by atoms with Crippen molar-refractivity contribution in [3.8, 4) is 0 Å². The molecule has 37 heavy (non-hydrogen) atoms. The Kier molecular flexibility index (Phi) is 7.69. The van der Waals surface area contributed by atoms with Crippen LogP contribution in [-0.2, 0) is 4.79 Å². The quantitative estimate of drug-likeness (QED) is 0.439. The summed E-state index contributed by atoms with van der Waals surface area (Å²) < 4.78 is 43.4. The molecule has 3 aliphatic rings. The smallest absolute Gasteiger partial charge is 0.248 e. The summed E-state index contributed by atoms with van der Waals surface area (Å²) in [5.74, 6) is -0.897. The zero-order chi connectivity index (χ0) is 26.3. The van der Waals surface area contributed by atoms with E-state index >= 15 is 0 Å². The molecule has 0 spiro atoms. The van der Waals surface area contributed by atoms with Crippen LogP contribution >= 0.6 is 11.3 Å². The Labute approximate surface area is 221 Å². The molecule has 1 amide bonds. The van der Waals surface area contributed by atoms with Crippen molar-refractivity contribution in [2.75, 3.05) is 6.54 Å². The van der Waals surface area contributed by atoms with Gasteiger partial charge in [0.2, 0.25) is 11.8 Å². The van der Waals surface area contributed by atoms with Gasteiger partial charge < -0.3 is 9.88 Å². The number of rotatable bonds is 8. The van der Waals surface area contributed by atoms with E-state index in [9.17, 15) is 18.0 Å². The summed E-state index contributed by atoms with van der Waals surface area (Å²) in [5, 5.41) is 11.6. The summed E-state index contributed by atoms with van der Waals surface area (Å²) in [6.07, 6.45) is 4.99. The Morgan fingerprint density at radius 1 is 1.11 bits per heavy atom. The fraction of sp³-hybridized carbons (Fsp3) is 0.741. The van der Waals surface area contributed by atoms with Crippen LogP contribution in [0.3, 0.4) is 0 Å². The molecule has 2 unspecified atom stereocenters. The van der Waals surface area contributed by atoms with Crippen LogP contribution in [0.25, 0.3) is 0 Å². The van der Waals surface area contributed by atoms with E-state index in [-0.39, 0.29) is 42.8 Å². The summed E-state index contributed by atoms with van der Waals surface area (Å²) in [6, 6.07) is 4.18. The zero-order valence-corrected chi connectivity index (χ0v) is 22.7. The molecule has 1 saturated carbocycles. The molecule has 2 aliphatic heterocycles. The van der Waals surface area contributed by atoms with Crippen LogP contribution < -0.4 is 5.32 Å². The predicted octanol–water partition coefficient (Wildman–Crippen LogP) is 6.15. The maximum absolute atomic E-state index is 13.9. The number of aromatic nitrogens is 3. The van der Waals surface area contributed by atoms with Gasteiger partial charge in [-0.15, -0.1) is 21.5 Å². The molecule has 3 fully saturated rings. The number of amides is 1. The van der Waals surface area contributed by atoms with Crippen LogP contribution in [0.4, 0.5) is 13.2 Å². The Bertz CT molecular complexity index is 1080. The number of thiophene rings is 1. The highest BCUT2D eigenvalue weighted by Crippen LogP contribution is 2.43. The van der Waals surface area contributed by atoms with Crippen molar-refractivity contribution in [3.05, 3.63) is 33.8 Å². The molecule has 2 bridgehead atoms. The second-order valence-corrected chi connectivity index (χ2v) is 12.6. The van der Waals surface area contributed by atoms with Gasteiger partial charge in [0, 0.05) is 54.2 Å². The minimum absolute atomic E-state index is 0.180. The molecule has 0 aromatic carbocycles. The molecule has 0 radical (unpaired) electrons. The summed E-state index contributed by atoms with van der Waals surface area (Å²) in [7, 11) is 0. The van der Waals surface area contributed by atoms with E-state index in [1.165, 1.54) is 6.07 Å². The van der Waals surface area contributed by atoms with Gasteiger partial charge in [-0.05, 0) is 64.0 Å². The highest BCUT2D eigenvalue weighted by molar-refractivity contribution is 7.10. The van der Waals surface area contributed by atoms with E-state index in [1.54, 1.807) is 6.07 Å². The topological polar surface area (TPSA) is 63.1 Å². The average molecular weight is 538 g/mol. The van der Waals surface area contributed by atoms with Gasteiger partial charge in [-0.1, -0.05) is 13.8 Å². The second kappa shape index (κ2) is 10.7. The van der Waals surface area contributed by atoms with Crippen LogP contribution in [0.2, 0.25) is 0 Å². The monoisotopic (exact) mass is 537 g/mol. The van der Waals surface area contributed by atoms with Crippen molar-refractivity contribution < 1.29 is 18.0 Å². The second-order valence-electron chi connectivity index (χ2n) is 11.5. The standard InChI is InChI=1S/C27H38F3N5OS/c1-16(2)25-33-32-17(3)35(25)21-14-19-4-5-20(15-21)34(19)13-10-22(23-6-7-24(28)37-23)31-26(36)18-8-11-27(29,30)12-9-18/h6-7,16,18-22H,4-5,8-15H2,1-3H3,(H,31,36)/t19?,20?,21?,22-/m0/s1. The number of hydrogen-bond donors (Lipinski definition) is 1. The van der Waals surface area contributed by atoms with Crippen molar-refractivity contribution in [1.29, 1.82) is 0 Å². The number of alkyl halides is 2. The molecule has 2 aromatic heterocycles. The van der Waals surface area contributed by atoms with E-state index in [4.69, 9.17) is 0 Å². The first-order valence-corrected chi connectivity index (χ1v) is 14.5. The van der Waals surface area contributed by atoms with Crippen LogP contribution in [-0.4, -0.2) is 50.1 Å². The third-order valence-corrected chi connectivity index (χ3v) is 9.64. The molecule has 6 nitrogen and oxygen atoms in total. The minimum Gasteiger partial charge on any atom is -0.348 e. The number of nitrogens with zero attached hydrogens (tertiary/aromatic N) is 4. The Balaban J connectivity index is 1.24. The number of aryl methyl sites for hydroxylation is 1. The van der Waals surface area contributed by atoms with E-state index in [0.717, 1.165) is 60.1 Å². The number of piperidine rings is 1. The number of fused-ring (bicyclic) bond motifs is 2. The van der Waals surface area contributed by atoms with Crippen molar-refractivity contribution in [2.45, 2.75) is 115 Å². The number of carbonyl (C=O) groups is 1. The Hall–Kier alpha value is -1.94. The fourth-order valence-electron chi connectivity index (χ4n) is 6.72. The van der Waals surface area contributed by atoms with E-state index in [1.807, 2.05) is 6.92 Å². The van der Waals surface area contributed by atoms with Crippen molar-refractivity contribution >= 4 is 17.2 Å². The third kappa shape index (κ3) is 5.75. The van der Waals surface area contributed by atoms with Gasteiger partial charge in [0.05, 0.1) is 6.04 Å². The van der Waals surface area contributed by atoms with Gasteiger partial charge >= 0.3 is 0 Å². The lowest BCUT2D eigenvalue weighted by molar-refractivity contribution is -0.130. The molecule has 10 heteroatoms. The zero-order valence-electron chi connectivity index (χ0n) is 21.9. The number of nitrogens with one attached hydrogen (secondary N) is 1. The molecule has 5 rings (SSSR count). The third-order valence-electron chi connectivity index (χ3n) is 8.65. The van der Waals surface area contributed by atoms with E-state index in [0.29, 0.717) is 30.5 Å². The highest BCUT2D eigenvalue weighted by Gasteiger charge is 2.43. The van der Waals surface area contributed by atoms with Crippen LogP contribution in [0.5, 0.6) is 0 Å².